The van der Waals surface area contributed by atoms with Gasteiger partial charge >= 0.3 is 0 Å². The van der Waals surface area contributed by atoms with E-state index >= 15 is 0 Å². The van der Waals surface area contributed by atoms with E-state index in [0.29, 0.717) is 18.4 Å². The Morgan fingerprint density at radius 3 is 2.72 bits per heavy atom. The Balaban J connectivity index is 1.88. The molecule has 0 aromatic carbocycles. The summed E-state index contributed by atoms with van der Waals surface area (Å²) in [5.41, 5.74) is 1.30. The molecular weight excluding hydrogens is 227 g/mol. The lowest BCUT2D eigenvalue weighted by atomic mass is 9.72. The van der Waals surface area contributed by atoms with Crippen LogP contribution in [0.2, 0.25) is 0 Å². The third-order valence-corrected chi connectivity index (χ3v) is 4.77. The summed E-state index contributed by atoms with van der Waals surface area (Å²) in [6, 6.07) is 0. The normalized spacial score (nSPS) is 40.7. The van der Waals surface area contributed by atoms with E-state index in [0.717, 1.165) is 19.3 Å². The fourth-order valence-electron chi connectivity index (χ4n) is 3.00. The summed E-state index contributed by atoms with van der Waals surface area (Å²) >= 11 is 0. The molecule has 0 saturated heterocycles. The summed E-state index contributed by atoms with van der Waals surface area (Å²) in [5, 5.41) is 0. The van der Waals surface area contributed by atoms with Gasteiger partial charge in [-0.3, -0.25) is 0 Å². The molecule has 1 nitrogen and oxygen atoms in total. The molecule has 5 atom stereocenters. The SMILES string of the molecule is CC1CC(OCC2=CC=CCC2)C(F)C(C)C1C. The number of hydrogen-bond donors (Lipinski definition) is 0. The maximum atomic E-state index is 14.3. The lowest BCUT2D eigenvalue weighted by Gasteiger charge is -2.40. The minimum Gasteiger partial charge on any atom is -0.371 e. The van der Waals surface area contributed by atoms with E-state index in [1.165, 1.54) is 5.57 Å². The highest BCUT2D eigenvalue weighted by molar-refractivity contribution is 5.17. The molecular formula is C16H25FO. The largest absolute Gasteiger partial charge is 0.371 e. The van der Waals surface area contributed by atoms with Crippen molar-refractivity contribution in [1.29, 1.82) is 0 Å². The van der Waals surface area contributed by atoms with Gasteiger partial charge in [0, 0.05) is 0 Å². The summed E-state index contributed by atoms with van der Waals surface area (Å²) in [6.07, 6.45) is 8.32. The van der Waals surface area contributed by atoms with E-state index in [9.17, 15) is 4.39 Å². The van der Waals surface area contributed by atoms with Crippen LogP contribution in [-0.4, -0.2) is 18.9 Å². The Labute approximate surface area is 110 Å². The summed E-state index contributed by atoms with van der Waals surface area (Å²) in [5.74, 6) is 1.12. The molecule has 0 radical (unpaired) electrons. The lowest BCUT2D eigenvalue weighted by molar-refractivity contribution is -0.0699. The number of alkyl halides is 1. The summed E-state index contributed by atoms with van der Waals surface area (Å²) in [4.78, 5) is 0. The molecule has 0 aromatic rings. The molecule has 0 spiro atoms. The Morgan fingerprint density at radius 2 is 2.06 bits per heavy atom. The van der Waals surface area contributed by atoms with Crippen LogP contribution in [0.15, 0.2) is 23.8 Å². The second-order valence-electron chi connectivity index (χ2n) is 6.02. The first-order valence-corrected chi connectivity index (χ1v) is 7.20. The molecule has 0 aliphatic heterocycles. The van der Waals surface area contributed by atoms with Gasteiger partial charge in [-0.25, -0.2) is 4.39 Å². The number of hydrogen-bond acceptors (Lipinski definition) is 1. The molecule has 2 aliphatic rings. The van der Waals surface area contributed by atoms with Gasteiger partial charge in [0.15, 0.2) is 0 Å². The van der Waals surface area contributed by atoms with Gasteiger partial charge in [0.1, 0.15) is 6.17 Å². The van der Waals surface area contributed by atoms with Crippen molar-refractivity contribution in [3.63, 3.8) is 0 Å². The summed E-state index contributed by atoms with van der Waals surface area (Å²) in [6.45, 7) is 6.99. The van der Waals surface area contributed by atoms with E-state index < -0.39 is 6.17 Å². The predicted molar refractivity (Wildman–Crippen MR) is 73.2 cm³/mol. The number of halogens is 1. The van der Waals surface area contributed by atoms with Crippen molar-refractivity contribution >= 4 is 0 Å². The maximum Gasteiger partial charge on any atom is 0.129 e. The first kappa shape index (κ1) is 13.8. The van der Waals surface area contributed by atoms with Gasteiger partial charge in [0.05, 0.1) is 12.7 Å². The van der Waals surface area contributed by atoms with Gasteiger partial charge in [-0.05, 0) is 42.6 Å². The molecule has 2 rings (SSSR count). The maximum absolute atomic E-state index is 14.3. The van der Waals surface area contributed by atoms with Crippen molar-refractivity contribution in [2.24, 2.45) is 17.8 Å². The monoisotopic (exact) mass is 252 g/mol. The predicted octanol–water partition coefficient (Wildman–Crippen LogP) is 4.30. The second kappa shape index (κ2) is 6.01. The van der Waals surface area contributed by atoms with Crippen molar-refractivity contribution < 1.29 is 9.13 Å². The topological polar surface area (TPSA) is 9.23 Å². The van der Waals surface area contributed by atoms with Gasteiger partial charge in [0.25, 0.3) is 0 Å². The molecule has 0 bridgehead atoms. The zero-order valence-corrected chi connectivity index (χ0v) is 11.7. The molecule has 1 fully saturated rings. The number of allylic oxidation sites excluding steroid dienone is 3. The smallest absolute Gasteiger partial charge is 0.129 e. The molecule has 102 valence electrons. The molecule has 0 N–H and O–H groups in total. The van der Waals surface area contributed by atoms with Crippen LogP contribution < -0.4 is 0 Å². The van der Waals surface area contributed by atoms with Gasteiger partial charge in [-0.2, -0.15) is 0 Å². The molecule has 0 amide bonds. The van der Waals surface area contributed by atoms with Crippen LogP contribution in [0.3, 0.4) is 0 Å². The van der Waals surface area contributed by atoms with Crippen LogP contribution >= 0.6 is 0 Å². The highest BCUT2D eigenvalue weighted by Gasteiger charge is 2.39. The van der Waals surface area contributed by atoms with Crippen LogP contribution in [0.25, 0.3) is 0 Å². The Hall–Kier alpha value is -0.630. The molecule has 2 heteroatoms. The first-order valence-electron chi connectivity index (χ1n) is 7.20. The quantitative estimate of drug-likeness (QED) is 0.727. The molecule has 5 unspecified atom stereocenters. The van der Waals surface area contributed by atoms with Crippen LogP contribution in [0.1, 0.15) is 40.0 Å². The third-order valence-electron chi connectivity index (χ3n) is 4.77. The molecule has 0 heterocycles. The molecule has 2 aliphatic carbocycles. The van der Waals surface area contributed by atoms with Crippen molar-refractivity contribution in [3.8, 4) is 0 Å². The van der Waals surface area contributed by atoms with Crippen LogP contribution in [0, 0.1) is 17.8 Å². The van der Waals surface area contributed by atoms with Gasteiger partial charge in [-0.15, -0.1) is 0 Å². The number of ether oxygens (including phenoxy) is 1. The summed E-state index contributed by atoms with van der Waals surface area (Å²) < 4.78 is 20.1. The van der Waals surface area contributed by atoms with Gasteiger partial charge in [-0.1, -0.05) is 39.0 Å². The second-order valence-corrected chi connectivity index (χ2v) is 6.02. The fourth-order valence-corrected chi connectivity index (χ4v) is 3.00. The van der Waals surface area contributed by atoms with E-state index in [4.69, 9.17) is 4.74 Å². The van der Waals surface area contributed by atoms with Crippen molar-refractivity contribution in [2.75, 3.05) is 6.61 Å². The number of rotatable bonds is 3. The Kier molecular flexibility index (Phi) is 4.60. The lowest BCUT2D eigenvalue weighted by Crippen LogP contribution is -2.43. The molecule has 18 heavy (non-hydrogen) atoms. The summed E-state index contributed by atoms with van der Waals surface area (Å²) in [7, 11) is 0. The fraction of sp³-hybridized carbons (Fsp3) is 0.750. The van der Waals surface area contributed by atoms with E-state index in [1.54, 1.807) is 0 Å². The van der Waals surface area contributed by atoms with Crippen LogP contribution in [0.4, 0.5) is 4.39 Å². The molecule has 1 saturated carbocycles. The minimum atomic E-state index is -0.809. The third kappa shape index (κ3) is 3.03. The zero-order chi connectivity index (χ0) is 13.1. The van der Waals surface area contributed by atoms with Crippen molar-refractivity contribution in [2.45, 2.75) is 52.3 Å². The Morgan fingerprint density at radius 1 is 1.28 bits per heavy atom. The Bertz CT molecular complexity index is 334. The highest BCUT2D eigenvalue weighted by Crippen LogP contribution is 2.37. The van der Waals surface area contributed by atoms with E-state index in [2.05, 4.69) is 32.1 Å². The zero-order valence-electron chi connectivity index (χ0n) is 11.7. The van der Waals surface area contributed by atoms with E-state index in [-0.39, 0.29) is 12.0 Å². The minimum absolute atomic E-state index is 0.110. The highest BCUT2D eigenvalue weighted by atomic mass is 19.1. The van der Waals surface area contributed by atoms with Crippen LogP contribution in [0.5, 0.6) is 0 Å². The van der Waals surface area contributed by atoms with Crippen LogP contribution in [-0.2, 0) is 4.74 Å². The van der Waals surface area contributed by atoms with Crippen molar-refractivity contribution in [1.82, 2.24) is 0 Å². The average molecular weight is 252 g/mol. The standard InChI is InChI=1S/C16H25FO/c1-11-9-15(16(17)13(3)12(11)2)18-10-14-7-5-4-6-8-14/h4-5,7,11-13,15-16H,6,8-10H2,1-3H3. The van der Waals surface area contributed by atoms with Gasteiger partial charge in [0.2, 0.25) is 0 Å². The first-order chi connectivity index (χ1) is 8.59. The molecule has 0 aromatic heterocycles. The van der Waals surface area contributed by atoms with Gasteiger partial charge < -0.3 is 4.74 Å². The van der Waals surface area contributed by atoms with Crippen molar-refractivity contribution in [3.05, 3.63) is 23.8 Å². The average Bonchev–Trinajstić information content (AvgIpc) is 2.40. The van der Waals surface area contributed by atoms with E-state index in [1.807, 2.05) is 6.92 Å².